The van der Waals surface area contributed by atoms with Gasteiger partial charge in [0, 0.05) is 25.8 Å². The molecule has 2 saturated heterocycles. The van der Waals surface area contributed by atoms with Gasteiger partial charge in [0.15, 0.2) is 5.79 Å². The summed E-state index contributed by atoms with van der Waals surface area (Å²) in [6.45, 7) is 14.1. The van der Waals surface area contributed by atoms with Crippen LogP contribution in [0.1, 0.15) is 265 Å². The van der Waals surface area contributed by atoms with E-state index in [1.807, 2.05) is 0 Å². The molecular weight excluding hydrogens is 691 g/mol. The van der Waals surface area contributed by atoms with Crippen molar-refractivity contribution in [3.63, 3.8) is 0 Å². The fourth-order valence-corrected chi connectivity index (χ4v) is 9.62. The molecule has 56 heavy (non-hydrogen) atoms. The smallest absolute Gasteiger partial charge is 0.305 e. The van der Waals surface area contributed by atoms with Gasteiger partial charge in [-0.2, -0.15) is 0 Å². The highest BCUT2D eigenvalue weighted by molar-refractivity contribution is 5.69. The molecule has 5 heteroatoms. The fraction of sp³-hybridized carbons (Fsp3) is 0.980. The number of rotatable bonds is 41. The maximum atomic E-state index is 12.4. The van der Waals surface area contributed by atoms with Gasteiger partial charge in [0.25, 0.3) is 0 Å². The third-order valence-electron chi connectivity index (χ3n) is 13.3. The predicted octanol–water partition coefficient (Wildman–Crippen LogP) is 15.7. The number of unbranched alkanes of at least 4 members (excludes halogenated alkanes) is 20. The highest BCUT2D eigenvalue weighted by Crippen LogP contribution is 2.35. The maximum Gasteiger partial charge on any atom is 0.305 e. The Labute approximate surface area is 350 Å². The number of carbonyl (C=O) groups excluding carboxylic acids is 1. The average Bonchev–Trinajstić information content (AvgIpc) is 3.87. The first kappa shape index (κ1) is 51.5. The van der Waals surface area contributed by atoms with E-state index in [0.29, 0.717) is 13.0 Å². The maximum absolute atomic E-state index is 12.4. The van der Waals surface area contributed by atoms with Crippen molar-refractivity contribution in [2.24, 2.45) is 11.8 Å². The van der Waals surface area contributed by atoms with Gasteiger partial charge in [-0.3, -0.25) is 4.79 Å². The molecule has 332 valence electrons. The zero-order valence-corrected chi connectivity index (χ0v) is 38.5. The molecular formula is C51H99NO4. The first-order valence-corrected chi connectivity index (χ1v) is 25.7. The van der Waals surface area contributed by atoms with Crippen LogP contribution in [0.25, 0.3) is 0 Å². The molecule has 5 nitrogen and oxygen atoms in total. The van der Waals surface area contributed by atoms with E-state index in [1.54, 1.807) is 0 Å². The van der Waals surface area contributed by atoms with E-state index >= 15 is 0 Å². The Morgan fingerprint density at radius 1 is 0.554 bits per heavy atom. The lowest BCUT2D eigenvalue weighted by Crippen LogP contribution is -2.35. The molecule has 2 atom stereocenters. The molecule has 0 aromatic heterocycles. The molecule has 2 unspecified atom stereocenters. The zero-order chi connectivity index (χ0) is 40.2. The molecule has 2 heterocycles. The van der Waals surface area contributed by atoms with Gasteiger partial charge in [-0.05, 0) is 63.5 Å². The van der Waals surface area contributed by atoms with Crippen LogP contribution in [-0.4, -0.2) is 55.6 Å². The van der Waals surface area contributed by atoms with Crippen molar-refractivity contribution in [3.8, 4) is 0 Å². The summed E-state index contributed by atoms with van der Waals surface area (Å²) in [6, 6.07) is 0. The molecule has 0 spiro atoms. The molecule has 0 bridgehead atoms. The Morgan fingerprint density at radius 3 is 1.45 bits per heavy atom. The van der Waals surface area contributed by atoms with Crippen molar-refractivity contribution in [1.82, 2.24) is 4.90 Å². The lowest BCUT2D eigenvalue weighted by Gasteiger charge is -2.29. The molecule has 2 aliphatic heterocycles. The highest BCUT2D eigenvalue weighted by atomic mass is 16.7. The first-order chi connectivity index (χ1) is 27.5. The van der Waals surface area contributed by atoms with Gasteiger partial charge in [0.2, 0.25) is 0 Å². The molecule has 0 aromatic carbocycles. The van der Waals surface area contributed by atoms with Gasteiger partial charge in [-0.25, -0.2) is 0 Å². The van der Waals surface area contributed by atoms with Crippen molar-refractivity contribution in [1.29, 1.82) is 0 Å². The van der Waals surface area contributed by atoms with E-state index in [1.165, 1.54) is 212 Å². The van der Waals surface area contributed by atoms with Crippen LogP contribution in [0.5, 0.6) is 0 Å². The van der Waals surface area contributed by atoms with Gasteiger partial charge in [0.05, 0.1) is 19.3 Å². The van der Waals surface area contributed by atoms with Crippen LogP contribution < -0.4 is 0 Å². The van der Waals surface area contributed by atoms with Crippen LogP contribution in [0.4, 0.5) is 0 Å². The van der Waals surface area contributed by atoms with Gasteiger partial charge >= 0.3 is 5.97 Å². The Morgan fingerprint density at radius 2 is 0.964 bits per heavy atom. The molecule has 0 saturated carbocycles. The van der Waals surface area contributed by atoms with Crippen LogP contribution in [0.2, 0.25) is 0 Å². The standard InChI is InChI=1S/C51H99NO4/c1-5-9-23-33-47(34-24-10-6-2)37-27-19-15-13-14-17-21-29-40-51(55-46-49(56-51)45-52-42-31-32-43-52)41-30-22-18-16-20-28-38-50(53)54-44-39-48(35-25-11-7-3)36-26-12-8-4/h47-49H,5-46H2,1-4H3. The van der Waals surface area contributed by atoms with Crippen molar-refractivity contribution < 1.29 is 19.0 Å². The van der Waals surface area contributed by atoms with Crippen LogP contribution in [0.3, 0.4) is 0 Å². The van der Waals surface area contributed by atoms with Crippen molar-refractivity contribution in [2.75, 3.05) is 32.8 Å². The van der Waals surface area contributed by atoms with Crippen LogP contribution in [-0.2, 0) is 19.0 Å². The van der Waals surface area contributed by atoms with E-state index in [0.717, 1.165) is 57.1 Å². The highest BCUT2D eigenvalue weighted by Gasteiger charge is 2.41. The van der Waals surface area contributed by atoms with E-state index in [4.69, 9.17) is 14.2 Å². The molecule has 2 rings (SSSR count). The Kier molecular flexibility index (Phi) is 33.3. The Bertz CT molecular complexity index is 841. The molecule has 0 N–H and O–H groups in total. The summed E-state index contributed by atoms with van der Waals surface area (Å²) in [6.07, 6.45) is 47.8. The summed E-state index contributed by atoms with van der Waals surface area (Å²) in [5, 5.41) is 0. The SMILES string of the molecule is CCCCCC(CCCCC)CCCCCCCCCCC1(CCCCCCCCC(=O)OCCC(CCCCC)CCCCC)OCC(CN2CCCC2)O1. The zero-order valence-electron chi connectivity index (χ0n) is 38.5. The Hall–Kier alpha value is -0.650. The number of esters is 1. The number of nitrogens with zero attached hydrogens (tertiary/aromatic N) is 1. The van der Waals surface area contributed by atoms with Gasteiger partial charge in [-0.1, -0.05) is 207 Å². The minimum atomic E-state index is -0.357. The third kappa shape index (κ3) is 27.2. The number of likely N-dealkylation sites (tertiary alicyclic amines) is 1. The minimum absolute atomic E-state index is 0.0153. The summed E-state index contributed by atoms with van der Waals surface area (Å²) in [5.74, 6) is 1.38. The summed E-state index contributed by atoms with van der Waals surface area (Å²) in [7, 11) is 0. The van der Waals surface area contributed by atoms with Crippen molar-refractivity contribution in [2.45, 2.75) is 277 Å². The average molecular weight is 790 g/mol. The number of hydrogen-bond donors (Lipinski definition) is 0. The molecule has 0 aromatic rings. The largest absolute Gasteiger partial charge is 0.466 e. The van der Waals surface area contributed by atoms with E-state index in [9.17, 15) is 4.79 Å². The molecule has 0 aliphatic carbocycles. The first-order valence-electron chi connectivity index (χ1n) is 25.7. The fourth-order valence-electron chi connectivity index (χ4n) is 9.62. The van der Waals surface area contributed by atoms with Gasteiger partial charge < -0.3 is 19.1 Å². The summed E-state index contributed by atoms with van der Waals surface area (Å²) < 4.78 is 19.1. The monoisotopic (exact) mass is 790 g/mol. The topological polar surface area (TPSA) is 48.0 Å². The second kappa shape index (κ2) is 36.2. The molecule has 2 aliphatic rings. The second-order valence-electron chi connectivity index (χ2n) is 18.7. The normalized spacial score (nSPS) is 18.9. The van der Waals surface area contributed by atoms with E-state index in [2.05, 4.69) is 32.6 Å². The summed E-state index contributed by atoms with van der Waals surface area (Å²) in [5.41, 5.74) is 0. The lowest BCUT2D eigenvalue weighted by atomic mass is 9.90. The van der Waals surface area contributed by atoms with Crippen LogP contribution in [0, 0.1) is 11.8 Å². The predicted molar refractivity (Wildman–Crippen MR) is 241 cm³/mol. The molecule has 0 radical (unpaired) electrons. The quantitative estimate of drug-likeness (QED) is 0.0456. The summed E-state index contributed by atoms with van der Waals surface area (Å²) in [4.78, 5) is 15.0. The van der Waals surface area contributed by atoms with Crippen molar-refractivity contribution in [3.05, 3.63) is 0 Å². The molecule has 2 fully saturated rings. The van der Waals surface area contributed by atoms with Crippen LogP contribution >= 0.6 is 0 Å². The van der Waals surface area contributed by atoms with Gasteiger partial charge in [-0.15, -0.1) is 0 Å². The minimum Gasteiger partial charge on any atom is -0.466 e. The number of ether oxygens (including phenoxy) is 3. The number of hydrogen-bond acceptors (Lipinski definition) is 5. The third-order valence-corrected chi connectivity index (χ3v) is 13.3. The number of carbonyl (C=O) groups is 1. The van der Waals surface area contributed by atoms with E-state index < -0.39 is 0 Å². The second-order valence-corrected chi connectivity index (χ2v) is 18.7. The Balaban J connectivity index is 1.58. The van der Waals surface area contributed by atoms with Crippen molar-refractivity contribution >= 4 is 5.97 Å². The van der Waals surface area contributed by atoms with Gasteiger partial charge in [0.1, 0.15) is 0 Å². The lowest BCUT2D eigenvalue weighted by molar-refractivity contribution is -0.180. The summed E-state index contributed by atoms with van der Waals surface area (Å²) >= 11 is 0. The molecule has 0 amide bonds. The van der Waals surface area contributed by atoms with E-state index in [-0.39, 0.29) is 17.9 Å². The van der Waals surface area contributed by atoms with Crippen LogP contribution in [0.15, 0.2) is 0 Å².